The lowest BCUT2D eigenvalue weighted by molar-refractivity contribution is -0.163. The zero-order chi connectivity index (χ0) is 8.28. The predicted octanol–water partition coefficient (Wildman–Crippen LogP) is 2.27. The minimum atomic E-state index is 0.366. The number of hydrogen-bond donors (Lipinski definition) is 0. The molecule has 3 fully saturated rings. The van der Waals surface area contributed by atoms with Gasteiger partial charge in [-0.15, -0.1) is 0 Å². The van der Waals surface area contributed by atoms with Crippen LogP contribution in [0.2, 0.25) is 0 Å². The zero-order valence-electron chi connectivity index (χ0n) is 8.15. The highest BCUT2D eigenvalue weighted by atomic mass is 15.3. The Morgan fingerprint density at radius 1 is 1.18 bits per heavy atom. The minimum Gasteiger partial charge on any atom is -0.296 e. The summed E-state index contributed by atoms with van der Waals surface area (Å²) in [5, 5.41) is 0. The molecule has 0 radical (unpaired) electrons. The lowest BCUT2D eigenvalue weighted by atomic mass is 9.48. The van der Waals surface area contributed by atoms with E-state index in [0.717, 1.165) is 5.92 Å². The molecule has 0 aromatic rings. The fourth-order valence-electron chi connectivity index (χ4n) is 2.55. The molecule has 3 saturated carbocycles. The van der Waals surface area contributed by atoms with Crippen LogP contribution >= 0.6 is 0 Å². The summed E-state index contributed by atoms with van der Waals surface area (Å²) in [7, 11) is 2.29. The predicted molar refractivity (Wildman–Crippen MR) is 47.6 cm³/mol. The molecule has 2 bridgehead atoms. The Bertz CT molecular complexity index is 161. The molecule has 0 saturated heterocycles. The minimum absolute atomic E-state index is 0.366. The Morgan fingerprint density at radius 3 is 1.73 bits per heavy atom. The van der Waals surface area contributed by atoms with Gasteiger partial charge in [0.1, 0.15) is 0 Å². The van der Waals surface area contributed by atoms with Gasteiger partial charge in [-0.3, -0.25) is 4.90 Å². The van der Waals surface area contributed by atoms with E-state index in [1.54, 1.807) is 0 Å². The van der Waals surface area contributed by atoms with E-state index in [2.05, 4.69) is 32.7 Å². The molecule has 0 aromatic heterocycles. The van der Waals surface area contributed by atoms with Gasteiger partial charge in [-0.2, -0.15) is 0 Å². The Hall–Kier alpha value is -0.0400. The van der Waals surface area contributed by atoms with Crippen molar-refractivity contribution in [1.82, 2.24) is 4.90 Å². The van der Waals surface area contributed by atoms with Crippen LogP contribution in [-0.2, 0) is 0 Å². The van der Waals surface area contributed by atoms with Crippen LogP contribution in [0.3, 0.4) is 0 Å². The quantitative estimate of drug-likeness (QED) is 0.558. The van der Waals surface area contributed by atoms with Gasteiger partial charge in [-0.25, -0.2) is 0 Å². The van der Waals surface area contributed by atoms with Crippen LogP contribution in [-0.4, -0.2) is 23.0 Å². The summed E-state index contributed by atoms with van der Waals surface area (Å²) >= 11 is 0. The van der Waals surface area contributed by atoms with Crippen molar-refractivity contribution in [2.24, 2.45) is 5.92 Å². The first-order valence-electron chi connectivity index (χ1n) is 4.68. The number of nitrogens with zero attached hydrogens (tertiary/aromatic N) is 1. The van der Waals surface area contributed by atoms with E-state index in [-0.39, 0.29) is 0 Å². The lowest BCUT2D eigenvalue weighted by Gasteiger charge is -2.68. The summed E-state index contributed by atoms with van der Waals surface area (Å²) in [6, 6.07) is 0. The lowest BCUT2D eigenvalue weighted by Crippen LogP contribution is -2.70. The van der Waals surface area contributed by atoms with E-state index in [4.69, 9.17) is 0 Å². The second kappa shape index (κ2) is 1.82. The Balaban J connectivity index is 2.04. The molecule has 0 aromatic carbocycles. The second-order valence-electron chi connectivity index (χ2n) is 5.43. The van der Waals surface area contributed by atoms with Crippen LogP contribution in [0.5, 0.6) is 0 Å². The third-order valence-electron chi connectivity index (χ3n) is 3.72. The second-order valence-corrected chi connectivity index (χ2v) is 5.43. The van der Waals surface area contributed by atoms with Crippen molar-refractivity contribution in [2.75, 3.05) is 7.05 Å². The highest BCUT2D eigenvalue weighted by Crippen LogP contribution is 2.61. The van der Waals surface area contributed by atoms with Gasteiger partial charge in [0.2, 0.25) is 0 Å². The van der Waals surface area contributed by atoms with Crippen LogP contribution in [0, 0.1) is 5.92 Å². The largest absolute Gasteiger partial charge is 0.296 e. The smallest absolute Gasteiger partial charge is 0.0219 e. The summed E-state index contributed by atoms with van der Waals surface area (Å²) in [4.78, 5) is 2.58. The zero-order valence-corrected chi connectivity index (χ0v) is 8.15. The van der Waals surface area contributed by atoms with Gasteiger partial charge in [0, 0.05) is 11.1 Å². The molecule has 1 nitrogen and oxygen atoms in total. The first-order valence-corrected chi connectivity index (χ1v) is 4.68. The molecule has 64 valence electrons. The van der Waals surface area contributed by atoms with Crippen molar-refractivity contribution in [1.29, 1.82) is 0 Å². The van der Waals surface area contributed by atoms with Gasteiger partial charge in [0.05, 0.1) is 0 Å². The van der Waals surface area contributed by atoms with E-state index in [1.807, 2.05) is 0 Å². The average Bonchev–Trinajstić information content (AvgIpc) is 1.52. The number of rotatable bonds is 1. The number of hydrogen-bond acceptors (Lipinski definition) is 1. The molecule has 1 heteroatoms. The molecule has 3 aliphatic carbocycles. The maximum Gasteiger partial charge on any atom is 0.0219 e. The van der Waals surface area contributed by atoms with Crippen molar-refractivity contribution in [3.05, 3.63) is 0 Å². The SMILES string of the molecule is CN(C(C)(C)C)C12CC(C1)C2. The normalized spacial score (nSPS) is 41.7. The van der Waals surface area contributed by atoms with Crippen LogP contribution in [0.15, 0.2) is 0 Å². The van der Waals surface area contributed by atoms with Crippen molar-refractivity contribution < 1.29 is 0 Å². The molecule has 0 unspecified atom stereocenters. The third kappa shape index (κ3) is 0.868. The fraction of sp³-hybridized carbons (Fsp3) is 1.00. The summed E-state index contributed by atoms with van der Waals surface area (Å²) in [5.74, 6) is 1.10. The molecule has 0 amide bonds. The summed E-state index contributed by atoms with van der Waals surface area (Å²) in [6.07, 6.45) is 4.42. The summed E-state index contributed by atoms with van der Waals surface area (Å²) in [5.41, 5.74) is 1.01. The molecule has 0 aliphatic heterocycles. The van der Waals surface area contributed by atoms with Gasteiger partial charge in [-0.05, 0) is 53.0 Å². The summed E-state index contributed by atoms with van der Waals surface area (Å²) < 4.78 is 0. The molecular weight excluding hydrogens is 134 g/mol. The first kappa shape index (κ1) is 7.60. The molecule has 0 N–H and O–H groups in total. The van der Waals surface area contributed by atoms with E-state index in [1.165, 1.54) is 19.3 Å². The average molecular weight is 153 g/mol. The van der Waals surface area contributed by atoms with Gasteiger partial charge in [0.15, 0.2) is 0 Å². The van der Waals surface area contributed by atoms with Gasteiger partial charge >= 0.3 is 0 Å². The van der Waals surface area contributed by atoms with Crippen molar-refractivity contribution >= 4 is 0 Å². The van der Waals surface area contributed by atoms with Crippen LogP contribution in [0.1, 0.15) is 40.0 Å². The molecule has 3 rings (SSSR count). The highest BCUT2D eigenvalue weighted by Gasteiger charge is 2.60. The van der Waals surface area contributed by atoms with E-state index >= 15 is 0 Å². The van der Waals surface area contributed by atoms with E-state index in [9.17, 15) is 0 Å². The Labute approximate surface area is 69.8 Å². The van der Waals surface area contributed by atoms with E-state index < -0.39 is 0 Å². The highest BCUT2D eigenvalue weighted by molar-refractivity contribution is 5.15. The van der Waals surface area contributed by atoms with Gasteiger partial charge in [-0.1, -0.05) is 0 Å². The monoisotopic (exact) mass is 153 g/mol. The Morgan fingerprint density at radius 2 is 1.64 bits per heavy atom. The van der Waals surface area contributed by atoms with Crippen molar-refractivity contribution in [3.8, 4) is 0 Å². The Kier molecular flexibility index (Phi) is 1.26. The van der Waals surface area contributed by atoms with Crippen molar-refractivity contribution in [3.63, 3.8) is 0 Å². The summed E-state index contributed by atoms with van der Waals surface area (Å²) in [6.45, 7) is 6.94. The van der Waals surface area contributed by atoms with Crippen LogP contribution in [0.25, 0.3) is 0 Å². The molecule has 0 spiro atoms. The third-order valence-corrected chi connectivity index (χ3v) is 3.72. The van der Waals surface area contributed by atoms with Crippen molar-refractivity contribution in [2.45, 2.75) is 51.1 Å². The topological polar surface area (TPSA) is 3.24 Å². The van der Waals surface area contributed by atoms with Crippen LogP contribution < -0.4 is 0 Å². The van der Waals surface area contributed by atoms with E-state index in [0.29, 0.717) is 11.1 Å². The molecule has 11 heavy (non-hydrogen) atoms. The van der Waals surface area contributed by atoms with Gasteiger partial charge < -0.3 is 0 Å². The standard InChI is InChI=1S/C10H19N/c1-9(2,3)11(4)10-5-8(6-10)7-10/h8H,5-7H2,1-4H3. The molecular formula is C10H19N. The van der Waals surface area contributed by atoms with Crippen LogP contribution in [0.4, 0.5) is 0 Å². The fourth-order valence-corrected chi connectivity index (χ4v) is 2.55. The maximum atomic E-state index is 2.58. The first-order chi connectivity index (χ1) is 4.94. The maximum absolute atomic E-state index is 2.58. The molecule has 0 heterocycles. The van der Waals surface area contributed by atoms with Gasteiger partial charge in [0.25, 0.3) is 0 Å². The molecule has 0 atom stereocenters. The molecule has 3 aliphatic rings.